The maximum Gasteiger partial charge on any atom is 0.0433 e. The van der Waals surface area contributed by atoms with E-state index < -0.39 is 0 Å². The van der Waals surface area contributed by atoms with Crippen molar-refractivity contribution in [2.75, 3.05) is 0 Å². The van der Waals surface area contributed by atoms with E-state index in [0.717, 1.165) is 65.1 Å². The van der Waals surface area contributed by atoms with Crippen molar-refractivity contribution in [2.45, 2.75) is 89.4 Å². The SMILES string of the molecule is c1ccc(-c2cccc3c2sc2ccc(C4CC5C6CCCCC6C6CCCC7C8CCCCC8C(C4)C5C67)cc23)cc1. The highest BCUT2D eigenvalue weighted by Gasteiger charge is 2.62. The molecule has 4 aromatic rings. The lowest BCUT2D eigenvalue weighted by atomic mass is 9.37. The van der Waals surface area contributed by atoms with Gasteiger partial charge in [0.1, 0.15) is 0 Å². The minimum Gasteiger partial charge on any atom is -0.135 e. The molecule has 6 fully saturated rings. The van der Waals surface area contributed by atoms with E-state index in [9.17, 15) is 0 Å². The molecule has 6 aliphatic carbocycles. The zero-order valence-corrected chi connectivity index (χ0v) is 26.6. The predicted octanol–water partition coefficient (Wildman–Crippen LogP) is 12.1. The van der Waals surface area contributed by atoms with Crippen molar-refractivity contribution >= 4 is 31.5 Å². The van der Waals surface area contributed by atoms with Gasteiger partial charge in [0.15, 0.2) is 0 Å². The lowest BCUT2D eigenvalue weighted by Gasteiger charge is -2.68. The standard InChI is InChI=1S/C42H48S/c1-2-10-25(11-3-1)28-16-8-19-35-36-22-26(20-21-39(36)43-42(28)35)27-23-37-31-14-6-4-12-29(31)33-17-9-18-34-30-13-5-7-15-32(30)38(24-27)41(37)40(33)34/h1-3,8,10-11,16,19-22,27,29-34,37-38,40-41H,4-7,9,12-15,17-18,23-24H2. The molecule has 0 radical (unpaired) electrons. The van der Waals surface area contributed by atoms with Gasteiger partial charge in [-0.15, -0.1) is 11.3 Å². The van der Waals surface area contributed by atoms with Crippen LogP contribution in [0.2, 0.25) is 0 Å². The van der Waals surface area contributed by atoms with E-state index >= 15 is 0 Å². The maximum absolute atomic E-state index is 2.68. The van der Waals surface area contributed by atoms with Gasteiger partial charge in [0, 0.05) is 20.2 Å². The molecule has 43 heavy (non-hydrogen) atoms. The van der Waals surface area contributed by atoms with Gasteiger partial charge >= 0.3 is 0 Å². The first-order valence-electron chi connectivity index (χ1n) is 18.3. The van der Waals surface area contributed by atoms with E-state index in [0.29, 0.717) is 0 Å². The van der Waals surface area contributed by atoms with Crippen LogP contribution in [0.5, 0.6) is 0 Å². The fourth-order valence-electron chi connectivity index (χ4n) is 13.4. The Balaban J connectivity index is 1.07. The normalized spacial score (nSPS) is 40.0. The molecule has 0 amide bonds. The van der Waals surface area contributed by atoms with E-state index in [-0.39, 0.29) is 0 Å². The average molecular weight is 585 g/mol. The lowest BCUT2D eigenvalue weighted by Crippen LogP contribution is -2.61. The summed E-state index contributed by atoms with van der Waals surface area (Å²) in [5.41, 5.74) is 4.42. The van der Waals surface area contributed by atoms with Crippen LogP contribution in [-0.4, -0.2) is 0 Å². The fourth-order valence-corrected chi connectivity index (χ4v) is 14.6. The number of hydrogen-bond donors (Lipinski definition) is 0. The third-order valence-corrected chi connectivity index (χ3v) is 15.9. The minimum atomic E-state index is 0.768. The number of hydrogen-bond acceptors (Lipinski definition) is 1. The first-order chi connectivity index (χ1) is 21.3. The molecular formula is C42H48S. The molecular weight excluding hydrogens is 537 g/mol. The fraction of sp³-hybridized carbons (Fsp3) is 0.571. The van der Waals surface area contributed by atoms with Gasteiger partial charge in [0.25, 0.3) is 0 Å². The van der Waals surface area contributed by atoms with Crippen molar-refractivity contribution in [3.63, 3.8) is 0 Å². The summed E-state index contributed by atoms with van der Waals surface area (Å²) in [5.74, 6) is 11.4. The third-order valence-electron chi connectivity index (χ3n) is 14.6. The molecule has 10 rings (SSSR count). The molecule has 222 valence electrons. The van der Waals surface area contributed by atoms with Gasteiger partial charge in [-0.2, -0.15) is 0 Å². The van der Waals surface area contributed by atoms with E-state index in [1.54, 1.807) is 50.5 Å². The van der Waals surface area contributed by atoms with Crippen molar-refractivity contribution in [2.24, 2.45) is 59.2 Å². The highest BCUT2D eigenvalue weighted by Crippen LogP contribution is 2.70. The second-order valence-electron chi connectivity index (χ2n) is 16.0. The van der Waals surface area contributed by atoms with Crippen molar-refractivity contribution in [1.82, 2.24) is 0 Å². The van der Waals surface area contributed by atoms with Crippen molar-refractivity contribution in [1.29, 1.82) is 0 Å². The van der Waals surface area contributed by atoms with Crippen LogP contribution in [0.4, 0.5) is 0 Å². The molecule has 8 atom stereocenters. The monoisotopic (exact) mass is 584 g/mol. The van der Waals surface area contributed by atoms with Gasteiger partial charge in [-0.1, -0.05) is 86.7 Å². The minimum absolute atomic E-state index is 0.768. The van der Waals surface area contributed by atoms with Crippen LogP contribution in [0.15, 0.2) is 66.7 Å². The molecule has 0 nitrogen and oxygen atoms in total. The smallest absolute Gasteiger partial charge is 0.0433 e. The molecule has 1 heteroatoms. The van der Waals surface area contributed by atoms with Crippen LogP contribution in [0.1, 0.15) is 95.0 Å². The van der Waals surface area contributed by atoms with Crippen LogP contribution >= 0.6 is 11.3 Å². The van der Waals surface area contributed by atoms with E-state index in [1.807, 2.05) is 11.3 Å². The summed E-state index contributed by atoms with van der Waals surface area (Å²) in [4.78, 5) is 0. The lowest BCUT2D eigenvalue weighted by molar-refractivity contribution is -0.189. The molecule has 0 saturated heterocycles. The predicted molar refractivity (Wildman–Crippen MR) is 182 cm³/mol. The topological polar surface area (TPSA) is 0 Å². The van der Waals surface area contributed by atoms with Gasteiger partial charge < -0.3 is 0 Å². The first kappa shape index (κ1) is 26.1. The summed E-state index contributed by atoms with van der Waals surface area (Å²) in [5, 5.41) is 2.99. The Bertz CT molecular complexity index is 1600. The quantitative estimate of drug-likeness (QED) is 0.220. The number of benzene rings is 3. The van der Waals surface area contributed by atoms with Gasteiger partial charge in [-0.25, -0.2) is 0 Å². The first-order valence-corrected chi connectivity index (χ1v) is 19.2. The number of thiophene rings is 1. The van der Waals surface area contributed by atoms with Crippen LogP contribution in [0.3, 0.4) is 0 Å². The Hall–Kier alpha value is -2.12. The summed E-state index contributed by atoms with van der Waals surface area (Å²) in [6.45, 7) is 0. The third kappa shape index (κ3) is 3.92. The summed E-state index contributed by atoms with van der Waals surface area (Å²) in [6, 6.07) is 25.8. The molecule has 0 bridgehead atoms. The van der Waals surface area contributed by atoms with Gasteiger partial charge in [0.2, 0.25) is 0 Å². The molecule has 0 aliphatic heterocycles. The van der Waals surface area contributed by atoms with Crippen LogP contribution in [0.25, 0.3) is 31.3 Å². The number of fused-ring (bicyclic) bond motifs is 9. The molecule has 3 aromatic carbocycles. The van der Waals surface area contributed by atoms with E-state index in [4.69, 9.17) is 0 Å². The van der Waals surface area contributed by atoms with Gasteiger partial charge in [0.05, 0.1) is 0 Å². The number of rotatable bonds is 2. The second-order valence-corrected chi connectivity index (χ2v) is 17.1. The van der Waals surface area contributed by atoms with Crippen molar-refractivity contribution in [3.05, 3.63) is 72.3 Å². The molecule has 6 saturated carbocycles. The molecule has 8 unspecified atom stereocenters. The zero-order chi connectivity index (χ0) is 28.1. The van der Waals surface area contributed by atoms with Gasteiger partial charge in [-0.3, -0.25) is 0 Å². The van der Waals surface area contributed by atoms with Crippen molar-refractivity contribution in [3.8, 4) is 11.1 Å². The molecule has 0 N–H and O–H groups in total. The summed E-state index contributed by atoms with van der Waals surface area (Å²) in [7, 11) is 0. The Morgan fingerprint density at radius 1 is 0.488 bits per heavy atom. The maximum atomic E-state index is 2.68. The highest BCUT2D eigenvalue weighted by molar-refractivity contribution is 7.26. The van der Waals surface area contributed by atoms with Crippen LogP contribution in [-0.2, 0) is 0 Å². The summed E-state index contributed by atoms with van der Waals surface area (Å²) < 4.78 is 2.94. The largest absolute Gasteiger partial charge is 0.135 e. The second kappa shape index (κ2) is 10.2. The van der Waals surface area contributed by atoms with Crippen LogP contribution < -0.4 is 0 Å². The molecule has 1 heterocycles. The van der Waals surface area contributed by atoms with Gasteiger partial charge in [-0.05, 0) is 145 Å². The Morgan fingerprint density at radius 2 is 1.09 bits per heavy atom. The molecule has 1 aromatic heterocycles. The summed E-state index contributed by atoms with van der Waals surface area (Å²) in [6.07, 6.45) is 20.1. The Labute approximate surface area is 262 Å². The Morgan fingerprint density at radius 3 is 1.77 bits per heavy atom. The highest BCUT2D eigenvalue weighted by atomic mass is 32.1. The molecule has 6 aliphatic rings. The zero-order valence-electron chi connectivity index (χ0n) is 25.8. The Kier molecular flexibility index (Phi) is 6.20. The molecule has 0 spiro atoms. The van der Waals surface area contributed by atoms with E-state index in [2.05, 4.69) is 66.7 Å². The summed E-state index contributed by atoms with van der Waals surface area (Å²) >= 11 is 2.01. The van der Waals surface area contributed by atoms with E-state index in [1.165, 1.54) is 69.8 Å². The van der Waals surface area contributed by atoms with Crippen LogP contribution in [0, 0.1) is 59.2 Å². The average Bonchev–Trinajstić information content (AvgIpc) is 3.46. The van der Waals surface area contributed by atoms with Crippen molar-refractivity contribution < 1.29 is 0 Å².